The van der Waals surface area contributed by atoms with Crippen molar-refractivity contribution in [2.45, 2.75) is 9.79 Å². The van der Waals surface area contributed by atoms with E-state index in [0.717, 1.165) is 5.69 Å². The Morgan fingerprint density at radius 3 is 1.52 bits per heavy atom. The molecule has 1 aliphatic rings. The third-order valence-electron chi connectivity index (χ3n) is 11.0. The molecule has 4 heterocycles. The molecule has 0 aliphatic carbocycles. The maximum atomic E-state index is 2.47. The van der Waals surface area contributed by atoms with Crippen molar-refractivity contribution < 1.29 is 0 Å². The van der Waals surface area contributed by atoms with Gasteiger partial charge in [0.15, 0.2) is 0 Å². The number of hydrogen-bond donors (Lipinski definition) is 0. The lowest BCUT2D eigenvalue weighted by Gasteiger charge is -2.22. The van der Waals surface area contributed by atoms with Gasteiger partial charge in [0.05, 0.1) is 38.8 Å². The molecular formula is C48H29N3S. The zero-order valence-corrected chi connectivity index (χ0v) is 28.8. The molecule has 52 heavy (non-hydrogen) atoms. The van der Waals surface area contributed by atoms with Crippen molar-refractivity contribution in [1.82, 2.24) is 13.7 Å². The summed E-state index contributed by atoms with van der Waals surface area (Å²) in [5.74, 6) is 0. The first-order valence-electron chi connectivity index (χ1n) is 17.8. The maximum Gasteiger partial charge on any atom is 0.0681 e. The Balaban J connectivity index is 1.01. The van der Waals surface area contributed by atoms with Crippen LogP contribution in [0.15, 0.2) is 186 Å². The highest BCUT2D eigenvalue weighted by molar-refractivity contribution is 8.00. The molecule has 3 aromatic heterocycles. The topological polar surface area (TPSA) is 14.8 Å². The van der Waals surface area contributed by atoms with Crippen molar-refractivity contribution >= 4 is 77.2 Å². The molecule has 1 aliphatic heterocycles. The molecule has 242 valence electrons. The van der Waals surface area contributed by atoms with E-state index in [2.05, 4.69) is 190 Å². The van der Waals surface area contributed by atoms with E-state index in [9.17, 15) is 0 Å². The Hall–Kier alpha value is -6.49. The van der Waals surface area contributed by atoms with Crippen molar-refractivity contribution in [2.24, 2.45) is 0 Å². The van der Waals surface area contributed by atoms with E-state index in [0.29, 0.717) is 0 Å². The van der Waals surface area contributed by atoms with Gasteiger partial charge in [-0.15, -0.1) is 0 Å². The lowest BCUT2D eigenvalue weighted by atomic mass is 10.0. The van der Waals surface area contributed by atoms with Gasteiger partial charge >= 0.3 is 0 Å². The summed E-state index contributed by atoms with van der Waals surface area (Å²) in [6, 6.07) is 64.6. The molecule has 0 saturated heterocycles. The fraction of sp³-hybridized carbons (Fsp3) is 0. The largest absolute Gasteiger partial charge is 0.309 e. The Kier molecular flexibility index (Phi) is 5.71. The van der Waals surface area contributed by atoms with E-state index in [4.69, 9.17) is 0 Å². The summed E-state index contributed by atoms with van der Waals surface area (Å²) >= 11 is 1.89. The van der Waals surface area contributed by atoms with E-state index in [1.807, 2.05) is 11.8 Å². The molecule has 0 atom stereocenters. The normalized spacial score (nSPS) is 12.5. The van der Waals surface area contributed by atoms with Crippen LogP contribution in [-0.4, -0.2) is 13.7 Å². The van der Waals surface area contributed by atoms with Gasteiger partial charge in [-0.2, -0.15) is 0 Å². The first-order valence-corrected chi connectivity index (χ1v) is 18.6. The van der Waals surface area contributed by atoms with Crippen LogP contribution in [0.3, 0.4) is 0 Å². The second-order valence-corrected chi connectivity index (χ2v) is 14.8. The highest BCUT2D eigenvalue weighted by Gasteiger charge is 2.25. The van der Waals surface area contributed by atoms with Crippen LogP contribution in [0.25, 0.3) is 93.6 Å². The SMILES string of the molecule is c1cc(-c2ccc(-n3c4ccccc4c4cc(-n5c6ccccc6c6ccccc65)ccc43)cc2)c2c(c1)-n1c3ccccc3c3cccc(c31)S2. The Bertz CT molecular complexity index is 3210. The van der Waals surface area contributed by atoms with Crippen LogP contribution in [0.2, 0.25) is 0 Å². The van der Waals surface area contributed by atoms with Crippen LogP contribution < -0.4 is 0 Å². The van der Waals surface area contributed by atoms with Crippen molar-refractivity contribution in [2.75, 3.05) is 0 Å². The predicted molar refractivity (Wildman–Crippen MR) is 219 cm³/mol. The van der Waals surface area contributed by atoms with Crippen LogP contribution in [0.5, 0.6) is 0 Å². The van der Waals surface area contributed by atoms with Crippen molar-refractivity contribution in [3.05, 3.63) is 176 Å². The average molecular weight is 680 g/mol. The summed E-state index contributed by atoms with van der Waals surface area (Å²) in [5, 5.41) is 7.67. The van der Waals surface area contributed by atoms with Gasteiger partial charge in [0.1, 0.15) is 0 Å². The molecule has 0 bridgehead atoms. The van der Waals surface area contributed by atoms with E-state index >= 15 is 0 Å². The number of rotatable bonds is 3. The van der Waals surface area contributed by atoms with Crippen molar-refractivity contribution in [3.8, 4) is 28.2 Å². The number of para-hydroxylation sites is 5. The first-order chi connectivity index (χ1) is 25.8. The van der Waals surface area contributed by atoms with E-state index < -0.39 is 0 Å². The van der Waals surface area contributed by atoms with Gasteiger partial charge in [-0.05, 0) is 77.9 Å². The average Bonchev–Trinajstić information content (AvgIpc) is 3.85. The Morgan fingerprint density at radius 2 is 0.846 bits per heavy atom. The quantitative estimate of drug-likeness (QED) is 0.181. The monoisotopic (exact) mass is 679 g/mol. The van der Waals surface area contributed by atoms with Crippen molar-refractivity contribution in [3.63, 3.8) is 0 Å². The minimum atomic E-state index is 1.15. The summed E-state index contributed by atoms with van der Waals surface area (Å²) in [7, 11) is 0. The minimum absolute atomic E-state index is 1.15. The van der Waals surface area contributed by atoms with Gasteiger partial charge < -0.3 is 13.7 Å². The molecule has 0 spiro atoms. The lowest BCUT2D eigenvalue weighted by molar-refractivity contribution is 1.09. The Morgan fingerprint density at radius 1 is 0.346 bits per heavy atom. The number of fused-ring (bicyclic) bond motifs is 11. The second kappa shape index (κ2) is 10.5. The highest BCUT2D eigenvalue weighted by atomic mass is 32.2. The smallest absolute Gasteiger partial charge is 0.0681 e. The van der Waals surface area contributed by atoms with Crippen LogP contribution in [0.4, 0.5) is 0 Å². The number of aromatic nitrogens is 3. The molecule has 4 heteroatoms. The second-order valence-electron chi connectivity index (χ2n) is 13.7. The summed E-state index contributed by atoms with van der Waals surface area (Å²) in [4.78, 5) is 2.60. The third kappa shape index (κ3) is 3.77. The van der Waals surface area contributed by atoms with Gasteiger partial charge in [0.25, 0.3) is 0 Å². The lowest BCUT2D eigenvalue weighted by Crippen LogP contribution is -2.03. The van der Waals surface area contributed by atoms with E-state index in [-0.39, 0.29) is 0 Å². The Labute approximate surface area is 303 Å². The third-order valence-corrected chi connectivity index (χ3v) is 12.2. The molecule has 0 N–H and O–H groups in total. The van der Waals surface area contributed by atoms with Gasteiger partial charge in [0.2, 0.25) is 0 Å². The van der Waals surface area contributed by atoms with Crippen LogP contribution in [0, 0.1) is 0 Å². The molecule has 0 unspecified atom stereocenters. The molecular weight excluding hydrogens is 651 g/mol. The summed E-state index contributed by atoms with van der Waals surface area (Å²) in [6.07, 6.45) is 0. The van der Waals surface area contributed by atoms with Crippen molar-refractivity contribution in [1.29, 1.82) is 0 Å². The molecule has 0 fully saturated rings. The summed E-state index contributed by atoms with van der Waals surface area (Å²) in [6.45, 7) is 0. The maximum absolute atomic E-state index is 2.47. The molecule has 12 rings (SSSR count). The predicted octanol–water partition coefficient (Wildman–Crippen LogP) is 13.1. The summed E-state index contributed by atoms with van der Waals surface area (Å²) in [5.41, 5.74) is 13.5. The molecule has 8 aromatic carbocycles. The van der Waals surface area contributed by atoms with Gasteiger partial charge in [-0.1, -0.05) is 121 Å². The zero-order valence-electron chi connectivity index (χ0n) is 28.0. The fourth-order valence-electron chi connectivity index (χ4n) is 8.83. The molecule has 0 saturated carbocycles. The number of hydrogen-bond acceptors (Lipinski definition) is 1. The van der Waals surface area contributed by atoms with E-state index in [1.54, 1.807) is 0 Å². The molecule has 0 radical (unpaired) electrons. The first kappa shape index (κ1) is 28.2. The van der Waals surface area contributed by atoms with Crippen LogP contribution >= 0.6 is 11.8 Å². The molecule has 11 aromatic rings. The van der Waals surface area contributed by atoms with Gasteiger partial charge in [0, 0.05) is 53.5 Å². The van der Waals surface area contributed by atoms with E-state index in [1.165, 1.54) is 97.7 Å². The van der Waals surface area contributed by atoms with Crippen LogP contribution in [-0.2, 0) is 0 Å². The van der Waals surface area contributed by atoms with Gasteiger partial charge in [-0.3, -0.25) is 0 Å². The summed E-state index contributed by atoms with van der Waals surface area (Å²) < 4.78 is 7.29. The number of nitrogens with zero attached hydrogens (tertiary/aromatic N) is 3. The van der Waals surface area contributed by atoms with Crippen LogP contribution in [0.1, 0.15) is 0 Å². The standard InChI is InChI=1S/C48H29N3S/c1-5-17-40-34(11-1)35-12-2-6-18-41(35)50(40)32-27-28-44-39(29-32)37-14-4-7-19-42(37)49(44)31-25-23-30(24-26-31)33-15-9-21-45-48(33)52-46-22-10-16-38-36-13-3-8-20-43(36)51(45)47(38)46/h1-29H. The zero-order chi connectivity index (χ0) is 33.9. The van der Waals surface area contributed by atoms with Gasteiger partial charge in [-0.25, -0.2) is 0 Å². The molecule has 0 amide bonds. The molecule has 3 nitrogen and oxygen atoms in total. The number of benzene rings is 8. The fourth-order valence-corrected chi connectivity index (χ4v) is 10.1. The minimum Gasteiger partial charge on any atom is -0.309 e. The highest BCUT2D eigenvalue weighted by Crippen LogP contribution is 2.50.